The number of fused-ring (bicyclic) bond motifs is 1. The van der Waals surface area contributed by atoms with Crippen molar-refractivity contribution < 1.29 is 4.79 Å². The zero-order valence-corrected chi connectivity index (χ0v) is 11.5. The molecule has 20 heavy (non-hydrogen) atoms. The molecule has 1 amide bonds. The summed E-state index contributed by atoms with van der Waals surface area (Å²) in [6.07, 6.45) is 0. The van der Waals surface area contributed by atoms with Gasteiger partial charge < -0.3 is 11.1 Å². The lowest BCUT2D eigenvalue weighted by molar-refractivity contribution is 0.0946. The lowest BCUT2D eigenvalue weighted by atomic mass is 10.1. The molecule has 4 nitrogen and oxygen atoms in total. The monoisotopic (exact) mass is 283 g/mol. The summed E-state index contributed by atoms with van der Waals surface area (Å²) in [5.74, 6) is -0.214. The second-order valence-corrected chi connectivity index (χ2v) is 5.21. The van der Waals surface area contributed by atoms with Gasteiger partial charge in [0, 0.05) is 17.6 Å². The number of nitrogens with zero attached hydrogens (tertiary/aromatic N) is 1. The van der Waals surface area contributed by atoms with Crippen LogP contribution in [-0.4, -0.2) is 10.9 Å². The Kier molecular flexibility index (Phi) is 3.35. The minimum Gasteiger partial charge on any atom is -0.398 e. The molecular weight excluding hydrogens is 270 g/mol. The van der Waals surface area contributed by atoms with Crippen molar-refractivity contribution in [2.75, 3.05) is 5.73 Å². The molecule has 3 aromatic rings. The normalized spacial score (nSPS) is 10.6. The summed E-state index contributed by atoms with van der Waals surface area (Å²) < 4.78 is 0. The van der Waals surface area contributed by atoms with Gasteiger partial charge in [0.1, 0.15) is 5.69 Å². The zero-order valence-electron chi connectivity index (χ0n) is 10.7. The minimum atomic E-state index is -0.214. The summed E-state index contributed by atoms with van der Waals surface area (Å²) >= 11 is 1.60. The van der Waals surface area contributed by atoms with Crippen molar-refractivity contribution in [2.45, 2.75) is 6.54 Å². The van der Waals surface area contributed by atoms with Gasteiger partial charge in [0.15, 0.2) is 0 Å². The number of amides is 1. The SMILES string of the molecule is Nc1cc(C(=O)NCc2ccsc2)nc2ccccc12. The van der Waals surface area contributed by atoms with Gasteiger partial charge in [-0.2, -0.15) is 11.3 Å². The fourth-order valence-electron chi connectivity index (χ4n) is 1.98. The van der Waals surface area contributed by atoms with E-state index >= 15 is 0 Å². The average molecular weight is 283 g/mol. The minimum absolute atomic E-state index is 0.214. The molecule has 0 aliphatic carbocycles. The lowest BCUT2D eigenvalue weighted by Gasteiger charge is -2.07. The van der Waals surface area contributed by atoms with Gasteiger partial charge in [0.05, 0.1) is 5.52 Å². The van der Waals surface area contributed by atoms with Crippen LogP contribution in [0.1, 0.15) is 16.1 Å². The topological polar surface area (TPSA) is 68.0 Å². The fraction of sp³-hybridized carbons (Fsp3) is 0.0667. The molecule has 0 fully saturated rings. The van der Waals surface area contributed by atoms with Crippen molar-refractivity contribution in [3.8, 4) is 0 Å². The van der Waals surface area contributed by atoms with Crippen LogP contribution in [-0.2, 0) is 6.54 Å². The summed E-state index contributed by atoms with van der Waals surface area (Å²) in [4.78, 5) is 16.5. The van der Waals surface area contributed by atoms with Crippen molar-refractivity contribution in [3.63, 3.8) is 0 Å². The van der Waals surface area contributed by atoms with Gasteiger partial charge in [0.2, 0.25) is 0 Å². The van der Waals surface area contributed by atoms with E-state index in [2.05, 4.69) is 10.3 Å². The summed E-state index contributed by atoms with van der Waals surface area (Å²) in [7, 11) is 0. The Labute approximate surface area is 120 Å². The predicted molar refractivity (Wildman–Crippen MR) is 81.6 cm³/mol. The van der Waals surface area contributed by atoms with E-state index in [4.69, 9.17) is 5.73 Å². The number of thiophene rings is 1. The number of rotatable bonds is 3. The van der Waals surface area contributed by atoms with Gasteiger partial charge in [-0.3, -0.25) is 4.79 Å². The molecule has 0 aliphatic heterocycles. The smallest absolute Gasteiger partial charge is 0.270 e. The van der Waals surface area contributed by atoms with Crippen LogP contribution in [0.3, 0.4) is 0 Å². The summed E-state index contributed by atoms with van der Waals surface area (Å²) in [6.45, 7) is 0.497. The summed E-state index contributed by atoms with van der Waals surface area (Å²) in [5, 5.41) is 7.69. The molecule has 2 heterocycles. The third-order valence-corrected chi connectivity index (χ3v) is 3.75. The first-order valence-electron chi connectivity index (χ1n) is 6.18. The van der Waals surface area contributed by atoms with Gasteiger partial charge in [-0.1, -0.05) is 18.2 Å². The average Bonchev–Trinajstić information content (AvgIpc) is 2.98. The molecule has 3 rings (SSSR count). The number of para-hydroxylation sites is 1. The Bertz CT molecular complexity index is 753. The number of nitrogen functional groups attached to an aromatic ring is 1. The van der Waals surface area contributed by atoms with Gasteiger partial charge in [-0.05, 0) is 34.5 Å². The van der Waals surface area contributed by atoms with Crippen LogP contribution in [0.5, 0.6) is 0 Å². The molecule has 0 atom stereocenters. The van der Waals surface area contributed by atoms with Crippen LogP contribution < -0.4 is 11.1 Å². The number of nitrogens with one attached hydrogen (secondary N) is 1. The molecule has 5 heteroatoms. The van der Waals surface area contributed by atoms with Crippen LogP contribution in [0.2, 0.25) is 0 Å². The Morgan fingerprint density at radius 3 is 2.95 bits per heavy atom. The number of hydrogen-bond acceptors (Lipinski definition) is 4. The molecule has 0 saturated carbocycles. The van der Waals surface area contributed by atoms with E-state index in [0.717, 1.165) is 16.5 Å². The van der Waals surface area contributed by atoms with Crippen LogP contribution in [0, 0.1) is 0 Å². The maximum absolute atomic E-state index is 12.1. The van der Waals surface area contributed by atoms with E-state index < -0.39 is 0 Å². The number of pyridine rings is 1. The Balaban J connectivity index is 1.84. The summed E-state index contributed by atoms with van der Waals surface area (Å²) in [5.41, 5.74) is 8.69. The number of benzene rings is 1. The quantitative estimate of drug-likeness (QED) is 0.776. The molecule has 0 spiro atoms. The standard InChI is InChI=1S/C15H13N3OS/c16-12-7-14(18-13-4-2-1-3-11(12)13)15(19)17-8-10-5-6-20-9-10/h1-7,9H,8H2,(H2,16,18)(H,17,19). The van der Waals surface area contributed by atoms with Gasteiger partial charge in [0.25, 0.3) is 5.91 Å². The van der Waals surface area contributed by atoms with Crippen molar-refractivity contribution in [2.24, 2.45) is 0 Å². The molecule has 3 N–H and O–H groups in total. The molecule has 100 valence electrons. The fourth-order valence-corrected chi connectivity index (χ4v) is 2.65. The molecular formula is C15H13N3OS. The Morgan fingerprint density at radius 1 is 1.30 bits per heavy atom. The first-order chi connectivity index (χ1) is 9.74. The van der Waals surface area contributed by atoms with E-state index in [1.165, 1.54) is 0 Å². The van der Waals surface area contributed by atoms with Crippen molar-refractivity contribution in [3.05, 3.63) is 58.4 Å². The zero-order chi connectivity index (χ0) is 13.9. The van der Waals surface area contributed by atoms with Crippen molar-refractivity contribution in [1.29, 1.82) is 0 Å². The first kappa shape index (κ1) is 12.6. The van der Waals surface area contributed by atoms with Crippen LogP contribution >= 0.6 is 11.3 Å². The number of carbonyl (C=O) groups is 1. The molecule has 2 aromatic heterocycles. The van der Waals surface area contributed by atoms with Crippen molar-refractivity contribution in [1.82, 2.24) is 10.3 Å². The second-order valence-electron chi connectivity index (χ2n) is 4.43. The van der Waals surface area contributed by atoms with Crippen LogP contribution in [0.4, 0.5) is 5.69 Å². The van der Waals surface area contributed by atoms with E-state index in [-0.39, 0.29) is 5.91 Å². The summed E-state index contributed by atoms with van der Waals surface area (Å²) in [6, 6.07) is 11.1. The third kappa shape index (κ3) is 2.48. The highest BCUT2D eigenvalue weighted by molar-refractivity contribution is 7.07. The van der Waals surface area contributed by atoms with E-state index in [9.17, 15) is 4.79 Å². The Morgan fingerprint density at radius 2 is 2.15 bits per heavy atom. The van der Waals surface area contributed by atoms with E-state index in [0.29, 0.717) is 17.9 Å². The highest BCUT2D eigenvalue weighted by Gasteiger charge is 2.10. The Hall–Kier alpha value is -2.40. The molecule has 1 aromatic carbocycles. The largest absolute Gasteiger partial charge is 0.398 e. The number of aromatic nitrogens is 1. The molecule has 0 aliphatic rings. The van der Waals surface area contributed by atoms with Crippen molar-refractivity contribution >= 4 is 33.8 Å². The maximum atomic E-state index is 12.1. The predicted octanol–water partition coefficient (Wildman–Crippen LogP) is 2.81. The van der Waals surface area contributed by atoms with Crippen LogP contribution in [0.25, 0.3) is 10.9 Å². The number of carbonyl (C=O) groups excluding carboxylic acids is 1. The van der Waals surface area contributed by atoms with E-state index in [1.807, 2.05) is 41.1 Å². The first-order valence-corrected chi connectivity index (χ1v) is 7.13. The molecule has 0 saturated heterocycles. The van der Waals surface area contributed by atoms with Gasteiger partial charge in [-0.15, -0.1) is 0 Å². The van der Waals surface area contributed by atoms with E-state index in [1.54, 1.807) is 17.4 Å². The highest BCUT2D eigenvalue weighted by Crippen LogP contribution is 2.20. The lowest BCUT2D eigenvalue weighted by Crippen LogP contribution is -2.23. The number of hydrogen-bond donors (Lipinski definition) is 2. The molecule has 0 radical (unpaired) electrons. The second kappa shape index (κ2) is 5.30. The maximum Gasteiger partial charge on any atom is 0.270 e. The molecule has 0 bridgehead atoms. The molecule has 0 unspecified atom stereocenters. The third-order valence-electron chi connectivity index (χ3n) is 3.01. The number of anilines is 1. The van der Waals surface area contributed by atoms with Crippen LogP contribution in [0.15, 0.2) is 47.2 Å². The van der Waals surface area contributed by atoms with Gasteiger partial charge in [-0.25, -0.2) is 4.98 Å². The highest BCUT2D eigenvalue weighted by atomic mass is 32.1. The van der Waals surface area contributed by atoms with Gasteiger partial charge >= 0.3 is 0 Å². The number of nitrogens with two attached hydrogens (primary N) is 1.